The van der Waals surface area contributed by atoms with Gasteiger partial charge in [0.2, 0.25) is 0 Å². The average Bonchev–Trinajstić information content (AvgIpc) is 3.27. The van der Waals surface area contributed by atoms with Crippen LogP contribution in [0.4, 0.5) is 5.69 Å². The summed E-state index contributed by atoms with van der Waals surface area (Å²) in [5.74, 6) is -0.992. The molecule has 0 fully saturated rings. The van der Waals surface area contributed by atoms with Crippen LogP contribution >= 0.6 is 11.7 Å². The number of fused-ring (bicyclic) bond motifs is 1. The molecule has 1 amide bonds. The maximum Gasteiger partial charge on any atom is 0.307 e. The lowest BCUT2D eigenvalue weighted by Gasteiger charge is -2.17. The van der Waals surface area contributed by atoms with Crippen LogP contribution in [0.5, 0.6) is 0 Å². The highest BCUT2D eigenvalue weighted by Crippen LogP contribution is 2.28. The Balaban J connectivity index is 1.39. The fraction of sp³-hybridized carbons (Fsp3) is 0.130. The summed E-state index contributed by atoms with van der Waals surface area (Å²) in [7, 11) is 0. The lowest BCUT2D eigenvalue weighted by molar-refractivity contribution is -0.147. The summed E-state index contributed by atoms with van der Waals surface area (Å²) < 4.78 is 13.6. The Morgan fingerprint density at radius 3 is 2.20 bits per heavy atom. The summed E-state index contributed by atoms with van der Waals surface area (Å²) in [5.41, 5.74) is 3.92. The van der Waals surface area contributed by atoms with Crippen LogP contribution in [-0.4, -0.2) is 27.2 Å². The SMILES string of the molecule is O=C(COC(=O)CC(c1ccccc1)c1ccccc1)Nc1cccc2nsnc12. The van der Waals surface area contributed by atoms with E-state index < -0.39 is 11.9 Å². The molecule has 6 nitrogen and oxygen atoms in total. The van der Waals surface area contributed by atoms with Gasteiger partial charge in [-0.3, -0.25) is 9.59 Å². The van der Waals surface area contributed by atoms with Gasteiger partial charge in [0.25, 0.3) is 5.91 Å². The first-order valence-corrected chi connectivity index (χ1v) is 10.2. The summed E-state index contributed by atoms with van der Waals surface area (Å²) in [5, 5.41) is 2.73. The van der Waals surface area contributed by atoms with Crippen LogP contribution in [-0.2, 0) is 14.3 Å². The van der Waals surface area contributed by atoms with E-state index in [1.54, 1.807) is 12.1 Å². The van der Waals surface area contributed by atoms with Crippen LogP contribution in [0.15, 0.2) is 78.9 Å². The molecule has 4 aromatic rings. The van der Waals surface area contributed by atoms with Crippen LogP contribution in [0, 0.1) is 0 Å². The Morgan fingerprint density at radius 2 is 1.53 bits per heavy atom. The van der Waals surface area contributed by atoms with E-state index in [0.717, 1.165) is 22.9 Å². The first-order valence-electron chi connectivity index (χ1n) is 9.47. The highest BCUT2D eigenvalue weighted by Gasteiger charge is 2.20. The zero-order chi connectivity index (χ0) is 20.8. The Kier molecular flexibility index (Phi) is 6.10. The fourth-order valence-corrected chi connectivity index (χ4v) is 3.81. The molecule has 0 saturated carbocycles. The summed E-state index contributed by atoms with van der Waals surface area (Å²) in [6.07, 6.45) is 0.146. The minimum absolute atomic E-state index is 0.141. The second-order valence-corrected chi connectivity index (χ2v) is 7.25. The second kappa shape index (κ2) is 9.28. The molecule has 0 aliphatic carbocycles. The lowest BCUT2D eigenvalue weighted by Crippen LogP contribution is -2.22. The summed E-state index contributed by atoms with van der Waals surface area (Å²) >= 11 is 1.08. The molecule has 0 saturated heterocycles. The topological polar surface area (TPSA) is 81.2 Å². The summed E-state index contributed by atoms with van der Waals surface area (Å²) in [6, 6.07) is 24.9. The Labute approximate surface area is 177 Å². The van der Waals surface area contributed by atoms with Crippen molar-refractivity contribution in [1.29, 1.82) is 0 Å². The maximum atomic E-state index is 12.5. The van der Waals surface area contributed by atoms with Gasteiger partial charge in [-0.05, 0) is 23.3 Å². The average molecular weight is 417 g/mol. The molecule has 7 heteroatoms. The summed E-state index contributed by atoms with van der Waals surface area (Å²) in [6.45, 7) is -0.358. The van der Waals surface area contributed by atoms with Gasteiger partial charge in [0, 0.05) is 5.92 Å². The number of rotatable bonds is 7. The fourth-order valence-electron chi connectivity index (χ4n) is 3.26. The quantitative estimate of drug-likeness (QED) is 0.451. The Hall–Kier alpha value is -3.58. The number of benzene rings is 3. The minimum Gasteiger partial charge on any atom is -0.456 e. The van der Waals surface area contributed by atoms with Crippen LogP contribution in [0.25, 0.3) is 11.0 Å². The first-order chi connectivity index (χ1) is 14.7. The van der Waals surface area contributed by atoms with Crippen molar-refractivity contribution >= 4 is 40.3 Å². The molecule has 0 radical (unpaired) electrons. The monoisotopic (exact) mass is 417 g/mol. The smallest absolute Gasteiger partial charge is 0.307 e. The van der Waals surface area contributed by atoms with E-state index in [-0.39, 0.29) is 18.9 Å². The van der Waals surface area contributed by atoms with Crippen LogP contribution in [0.2, 0.25) is 0 Å². The van der Waals surface area contributed by atoms with E-state index in [4.69, 9.17) is 4.74 Å². The largest absolute Gasteiger partial charge is 0.456 e. The van der Waals surface area contributed by atoms with E-state index in [0.29, 0.717) is 16.7 Å². The molecule has 150 valence electrons. The third kappa shape index (κ3) is 4.69. The Bertz CT molecular complexity index is 1110. The van der Waals surface area contributed by atoms with Crippen molar-refractivity contribution < 1.29 is 14.3 Å². The highest BCUT2D eigenvalue weighted by molar-refractivity contribution is 7.00. The van der Waals surface area contributed by atoms with E-state index in [1.807, 2.05) is 66.7 Å². The molecule has 0 spiro atoms. The number of anilines is 1. The van der Waals surface area contributed by atoms with Crippen molar-refractivity contribution in [3.8, 4) is 0 Å². The van der Waals surface area contributed by atoms with Crippen molar-refractivity contribution in [2.24, 2.45) is 0 Å². The zero-order valence-corrected chi connectivity index (χ0v) is 16.8. The molecule has 1 aromatic heterocycles. The van der Waals surface area contributed by atoms with Gasteiger partial charge in [-0.1, -0.05) is 66.7 Å². The van der Waals surface area contributed by atoms with Crippen molar-refractivity contribution in [3.63, 3.8) is 0 Å². The third-order valence-electron chi connectivity index (χ3n) is 4.70. The second-order valence-electron chi connectivity index (χ2n) is 6.72. The van der Waals surface area contributed by atoms with E-state index in [2.05, 4.69) is 14.1 Å². The van der Waals surface area contributed by atoms with Gasteiger partial charge in [0.15, 0.2) is 6.61 Å². The number of nitrogens with one attached hydrogen (secondary N) is 1. The van der Waals surface area contributed by atoms with Crippen molar-refractivity contribution in [1.82, 2.24) is 8.75 Å². The molecule has 0 aliphatic rings. The van der Waals surface area contributed by atoms with Crippen LogP contribution in [0.1, 0.15) is 23.5 Å². The normalized spacial score (nSPS) is 10.8. The van der Waals surface area contributed by atoms with E-state index in [9.17, 15) is 9.59 Å². The minimum atomic E-state index is -0.434. The van der Waals surface area contributed by atoms with Crippen LogP contribution in [0.3, 0.4) is 0 Å². The molecular weight excluding hydrogens is 398 g/mol. The first kappa shape index (κ1) is 19.7. The number of hydrogen-bond acceptors (Lipinski definition) is 6. The van der Waals surface area contributed by atoms with Crippen molar-refractivity contribution in [3.05, 3.63) is 90.0 Å². The number of amides is 1. The summed E-state index contributed by atoms with van der Waals surface area (Å²) in [4.78, 5) is 24.8. The van der Waals surface area contributed by atoms with Crippen LogP contribution < -0.4 is 5.32 Å². The van der Waals surface area contributed by atoms with E-state index >= 15 is 0 Å². The third-order valence-corrected chi connectivity index (χ3v) is 5.24. The number of carbonyl (C=O) groups excluding carboxylic acids is 2. The number of carbonyl (C=O) groups is 2. The molecule has 0 atom stereocenters. The molecule has 1 heterocycles. The van der Waals surface area contributed by atoms with Gasteiger partial charge in [-0.15, -0.1) is 0 Å². The van der Waals surface area contributed by atoms with Gasteiger partial charge in [0.05, 0.1) is 23.8 Å². The predicted octanol–water partition coefficient (Wildman–Crippen LogP) is 4.40. The standard InChI is InChI=1S/C23H19N3O3S/c27-21(24-19-12-7-13-20-23(19)26-30-25-20)15-29-22(28)14-18(16-8-3-1-4-9-16)17-10-5-2-6-11-17/h1-13,18H,14-15H2,(H,24,27). The molecule has 3 aromatic carbocycles. The number of hydrogen-bond donors (Lipinski definition) is 1. The number of ether oxygens (including phenoxy) is 1. The molecule has 0 aliphatic heterocycles. The van der Waals surface area contributed by atoms with Crippen molar-refractivity contribution in [2.45, 2.75) is 12.3 Å². The molecule has 0 unspecified atom stereocenters. The molecule has 4 rings (SSSR count). The number of nitrogens with zero attached hydrogens (tertiary/aromatic N) is 2. The van der Waals surface area contributed by atoms with Gasteiger partial charge >= 0.3 is 5.97 Å². The number of aromatic nitrogens is 2. The van der Waals surface area contributed by atoms with E-state index in [1.165, 1.54) is 0 Å². The van der Waals surface area contributed by atoms with Gasteiger partial charge in [0.1, 0.15) is 11.0 Å². The highest BCUT2D eigenvalue weighted by atomic mass is 32.1. The molecular formula is C23H19N3O3S. The number of esters is 1. The van der Waals surface area contributed by atoms with Crippen molar-refractivity contribution in [2.75, 3.05) is 11.9 Å². The Morgan fingerprint density at radius 1 is 0.867 bits per heavy atom. The lowest BCUT2D eigenvalue weighted by atomic mass is 9.89. The van der Waals surface area contributed by atoms with Gasteiger partial charge in [-0.2, -0.15) is 8.75 Å². The maximum absolute atomic E-state index is 12.5. The predicted molar refractivity (Wildman–Crippen MR) is 116 cm³/mol. The van der Waals surface area contributed by atoms with Gasteiger partial charge in [-0.25, -0.2) is 0 Å². The molecule has 30 heavy (non-hydrogen) atoms. The zero-order valence-electron chi connectivity index (χ0n) is 16.0. The molecule has 0 bridgehead atoms. The molecule has 1 N–H and O–H groups in total. The van der Waals surface area contributed by atoms with Gasteiger partial charge < -0.3 is 10.1 Å².